The van der Waals surface area contributed by atoms with Gasteiger partial charge in [-0.1, -0.05) is 5.10 Å². The van der Waals surface area contributed by atoms with E-state index in [1.54, 1.807) is 29.7 Å². The lowest BCUT2D eigenvalue weighted by Crippen LogP contribution is -2.31. The van der Waals surface area contributed by atoms with E-state index in [1.807, 2.05) is 13.1 Å². The van der Waals surface area contributed by atoms with Crippen LogP contribution < -0.4 is 5.32 Å². The topological polar surface area (TPSA) is 89.1 Å². The molecule has 1 N–H and O–H groups in total. The maximum absolute atomic E-state index is 12.0. The molecule has 1 aliphatic rings. The smallest absolute Gasteiger partial charge is 0.315 e. The fourth-order valence-corrected chi connectivity index (χ4v) is 2.59. The normalized spacial score (nSPS) is 22.6. The van der Waals surface area contributed by atoms with E-state index in [-0.39, 0.29) is 18.0 Å². The standard InChI is InChI=1S/C12H16N6O2/c1-7-15-16-12(20-7)14-8-6-10(19)17(2)11(8)9-4-5-13-18(9)3/h4-5,8,11H,6H2,1-3H3,(H,14,16)/t8-,11-/m1/s1. The maximum atomic E-state index is 12.0. The molecule has 0 radical (unpaired) electrons. The summed E-state index contributed by atoms with van der Waals surface area (Å²) in [6, 6.07) is 2.01. The van der Waals surface area contributed by atoms with E-state index in [9.17, 15) is 4.79 Å². The van der Waals surface area contributed by atoms with Crippen LogP contribution in [-0.4, -0.2) is 43.9 Å². The number of hydrogen-bond acceptors (Lipinski definition) is 6. The Bertz CT molecular complexity index is 633. The van der Waals surface area contributed by atoms with Gasteiger partial charge in [-0.05, 0) is 6.07 Å². The highest BCUT2D eigenvalue weighted by Gasteiger charge is 2.40. The second-order valence-electron chi connectivity index (χ2n) is 4.91. The van der Waals surface area contributed by atoms with Gasteiger partial charge in [-0.2, -0.15) is 5.10 Å². The van der Waals surface area contributed by atoms with Crippen molar-refractivity contribution < 1.29 is 9.21 Å². The summed E-state index contributed by atoms with van der Waals surface area (Å²) >= 11 is 0. The van der Waals surface area contributed by atoms with Crippen LogP contribution in [-0.2, 0) is 11.8 Å². The molecule has 2 aromatic heterocycles. The zero-order chi connectivity index (χ0) is 14.3. The monoisotopic (exact) mass is 276 g/mol. The van der Waals surface area contributed by atoms with Crippen molar-refractivity contribution in [3.8, 4) is 0 Å². The number of amides is 1. The van der Waals surface area contributed by atoms with Crippen molar-refractivity contribution in [2.45, 2.75) is 25.4 Å². The minimum Gasteiger partial charge on any atom is -0.408 e. The molecule has 8 heteroatoms. The van der Waals surface area contributed by atoms with Crippen LogP contribution in [0.3, 0.4) is 0 Å². The first kappa shape index (κ1) is 12.6. The van der Waals surface area contributed by atoms with Crippen LogP contribution in [0.5, 0.6) is 0 Å². The minimum absolute atomic E-state index is 0.0740. The number of nitrogens with zero attached hydrogens (tertiary/aromatic N) is 5. The molecule has 3 rings (SSSR count). The lowest BCUT2D eigenvalue weighted by Gasteiger charge is -2.25. The lowest BCUT2D eigenvalue weighted by atomic mass is 10.1. The van der Waals surface area contributed by atoms with Crippen molar-refractivity contribution in [3.63, 3.8) is 0 Å². The summed E-state index contributed by atoms with van der Waals surface area (Å²) in [7, 11) is 3.65. The van der Waals surface area contributed by atoms with E-state index in [1.165, 1.54) is 0 Å². The number of anilines is 1. The van der Waals surface area contributed by atoms with E-state index in [4.69, 9.17) is 4.42 Å². The van der Waals surface area contributed by atoms with Gasteiger partial charge in [-0.3, -0.25) is 9.48 Å². The fraction of sp³-hybridized carbons (Fsp3) is 0.500. The van der Waals surface area contributed by atoms with Gasteiger partial charge in [0.15, 0.2) is 0 Å². The van der Waals surface area contributed by atoms with Crippen molar-refractivity contribution in [2.24, 2.45) is 7.05 Å². The fourth-order valence-electron chi connectivity index (χ4n) is 2.59. The Morgan fingerprint density at radius 3 is 2.80 bits per heavy atom. The van der Waals surface area contributed by atoms with Gasteiger partial charge in [0.25, 0.3) is 0 Å². The molecule has 106 valence electrons. The van der Waals surface area contributed by atoms with Crippen LogP contribution in [0.25, 0.3) is 0 Å². The van der Waals surface area contributed by atoms with Crippen molar-refractivity contribution >= 4 is 11.9 Å². The van der Waals surface area contributed by atoms with Gasteiger partial charge < -0.3 is 14.6 Å². The highest BCUT2D eigenvalue weighted by Crippen LogP contribution is 2.33. The minimum atomic E-state index is -0.122. The van der Waals surface area contributed by atoms with Crippen molar-refractivity contribution in [1.29, 1.82) is 0 Å². The van der Waals surface area contributed by atoms with E-state index < -0.39 is 0 Å². The average Bonchev–Trinajstić information content (AvgIpc) is 3.05. The molecule has 0 unspecified atom stereocenters. The molecule has 0 aromatic carbocycles. The molecule has 1 aliphatic heterocycles. The van der Waals surface area contributed by atoms with Gasteiger partial charge >= 0.3 is 6.01 Å². The maximum Gasteiger partial charge on any atom is 0.315 e. The van der Waals surface area contributed by atoms with E-state index >= 15 is 0 Å². The molecular weight excluding hydrogens is 260 g/mol. The van der Waals surface area contributed by atoms with Gasteiger partial charge in [0.2, 0.25) is 11.8 Å². The van der Waals surface area contributed by atoms with E-state index in [0.29, 0.717) is 18.3 Å². The number of rotatable bonds is 3. The summed E-state index contributed by atoms with van der Waals surface area (Å²) in [6.45, 7) is 1.72. The van der Waals surface area contributed by atoms with Gasteiger partial charge in [0, 0.05) is 33.6 Å². The predicted molar refractivity (Wildman–Crippen MR) is 69.8 cm³/mol. The zero-order valence-electron chi connectivity index (χ0n) is 11.6. The van der Waals surface area contributed by atoms with Gasteiger partial charge in [0.1, 0.15) is 0 Å². The van der Waals surface area contributed by atoms with Crippen LogP contribution >= 0.6 is 0 Å². The van der Waals surface area contributed by atoms with Gasteiger partial charge in [-0.25, -0.2) is 0 Å². The number of nitrogens with one attached hydrogen (secondary N) is 1. The second-order valence-corrected chi connectivity index (χ2v) is 4.91. The zero-order valence-corrected chi connectivity index (χ0v) is 11.6. The average molecular weight is 276 g/mol. The SMILES string of the molecule is Cc1nnc(N[C@@H]2CC(=O)N(C)[C@H]2c2ccnn2C)o1. The number of likely N-dealkylation sites (tertiary alicyclic amines) is 1. The Hall–Kier alpha value is -2.38. The molecule has 3 heterocycles. The molecule has 0 bridgehead atoms. The Morgan fingerprint density at radius 2 is 2.20 bits per heavy atom. The molecule has 1 fully saturated rings. The summed E-state index contributed by atoms with van der Waals surface area (Å²) in [5, 5.41) is 15.0. The molecule has 0 saturated carbocycles. The first-order chi connectivity index (χ1) is 9.56. The number of aromatic nitrogens is 4. The number of likely N-dealkylation sites (N-methyl/N-ethyl adjacent to an activating group) is 1. The van der Waals surface area contributed by atoms with Crippen LogP contribution in [0.4, 0.5) is 6.01 Å². The van der Waals surface area contributed by atoms with Crippen LogP contribution in [0, 0.1) is 6.92 Å². The summed E-state index contributed by atoms with van der Waals surface area (Å²) in [4.78, 5) is 13.7. The summed E-state index contributed by atoms with van der Waals surface area (Å²) in [6.07, 6.45) is 2.10. The van der Waals surface area contributed by atoms with E-state index in [0.717, 1.165) is 5.69 Å². The summed E-state index contributed by atoms with van der Waals surface area (Å²) in [5.74, 6) is 0.562. The summed E-state index contributed by atoms with van der Waals surface area (Å²) in [5.41, 5.74) is 0.965. The molecule has 20 heavy (non-hydrogen) atoms. The van der Waals surface area contributed by atoms with Gasteiger partial charge in [0.05, 0.1) is 17.8 Å². The van der Waals surface area contributed by atoms with Crippen molar-refractivity contribution in [2.75, 3.05) is 12.4 Å². The molecule has 2 atom stereocenters. The molecule has 8 nitrogen and oxygen atoms in total. The first-order valence-corrected chi connectivity index (χ1v) is 6.36. The number of carbonyl (C=O) groups is 1. The predicted octanol–water partition coefficient (Wildman–Crippen LogP) is 0.495. The number of carbonyl (C=O) groups excluding carboxylic acids is 1. The Labute approximate surface area is 115 Å². The third-order valence-corrected chi connectivity index (χ3v) is 3.58. The Balaban J connectivity index is 1.88. The molecule has 0 aliphatic carbocycles. The quantitative estimate of drug-likeness (QED) is 0.878. The van der Waals surface area contributed by atoms with Gasteiger partial charge in [-0.15, -0.1) is 5.10 Å². The highest BCUT2D eigenvalue weighted by molar-refractivity contribution is 5.80. The molecule has 1 amide bonds. The Kier molecular flexibility index (Phi) is 2.92. The number of hydrogen-bond donors (Lipinski definition) is 1. The number of aryl methyl sites for hydroxylation is 2. The van der Waals surface area contributed by atoms with Crippen LogP contribution in [0.1, 0.15) is 24.0 Å². The molecular formula is C12H16N6O2. The van der Waals surface area contributed by atoms with Crippen LogP contribution in [0.2, 0.25) is 0 Å². The van der Waals surface area contributed by atoms with E-state index in [2.05, 4.69) is 20.6 Å². The Morgan fingerprint density at radius 1 is 1.40 bits per heavy atom. The third-order valence-electron chi connectivity index (χ3n) is 3.58. The first-order valence-electron chi connectivity index (χ1n) is 6.36. The highest BCUT2D eigenvalue weighted by atomic mass is 16.4. The lowest BCUT2D eigenvalue weighted by molar-refractivity contribution is -0.127. The molecule has 0 spiro atoms. The summed E-state index contributed by atoms with van der Waals surface area (Å²) < 4.78 is 7.10. The van der Waals surface area contributed by atoms with Crippen molar-refractivity contribution in [3.05, 3.63) is 23.8 Å². The second kappa shape index (κ2) is 4.62. The third kappa shape index (κ3) is 2.02. The van der Waals surface area contributed by atoms with Crippen LogP contribution in [0.15, 0.2) is 16.7 Å². The van der Waals surface area contributed by atoms with Crippen molar-refractivity contribution in [1.82, 2.24) is 24.9 Å². The largest absolute Gasteiger partial charge is 0.408 e. The molecule has 2 aromatic rings. The molecule has 1 saturated heterocycles.